The molecule has 8 heteroatoms. The molecule has 0 N–H and O–H groups in total. The molecule has 0 radical (unpaired) electrons. The van der Waals surface area contributed by atoms with E-state index in [0.717, 1.165) is 4.48 Å². The van der Waals surface area contributed by atoms with Gasteiger partial charge in [-0.1, -0.05) is 71.0 Å². The van der Waals surface area contributed by atoms with E-state index in [1.54, 1.807) is 6.08 Å². The zero-order valence-electron chi connectivity index (χ0n) is 7.29. The lowest BCUT2D eigenvalue weighted by Gasteiger charge is -2.37. The molecule has 0 aromatic heterocycles. The highest BCUT2D eigenvalue weighted by atomic mass is 79.9. The second-order valence-corrected chi connectivity index (χ2v) is 10.1. The summed E-state index contributed by atoms with van der Waals surface area (Å²) in [4.78, 5) is -1.29. The van der Waals surface area contributed by atoms with Crippen molar-refractivity contribution in [2.24, 2.45) is 0 Å². The van der Waals surface area contributed by atoms with Gasteiger partial charge >= 0.3 is 0 Å². The SMILES string of the molecule is ClC1(Br)OC2=CC=C(Br)C(Br)C2(Cl)C1(Cl)Br. The van der Waals surface area contributed by atoms with Gasteiger partial charge in [0.2, 0.25) is 0 Å². The van der Waals surface area contributed by atoms with Gasteiger partial charge in [0.15, 0.2) is 8.66 Å². The van der Waals surface area contributed by atoms with Crippen molar-refractivity contribution in [1.29, 1.82) is 0 Å². The summed E-state index contributed by atoms with van der Waals surface area (Å²) in [5, 5.41) is 0. The number of rotatable bonds is 0. The lowest BCUT2D eigenvalue weighted by atomic mass is 9.95. The fraction of sp³-hybridized carbons (Fsp3) is 0.500. The highest BCUT2D eigenvalue weighted by Crippen LogP contribution is 2.68. The van der Waals surface area contributed by atoms with Gasteiger partial charge in [-0.3, -0.25) is 0 Å². The maximum absolute atomic E-state index is 6.59. The van der Waals surface area contributed by atoms with Crippen LogP contribution < -0.4 is 0 Å². The molecule has 90 valence electrons. The van der Waals surface area contributed by atoms with Crippen LogP contribution in [0.1, 0.15) is 0 Å². The van der Waals surface area contributed by atoms with Crippen molar-refractivity contribution in [3.63, 3.8) is 0 Å². The Labute approximate surface area is 141 Å². The van der Waals surface area contributed by atoms with Crippen LogP contribution in [-0.2, 0) is 4.74 Å². The Balaban J connectivity index is 2.60. The lowest BCUT2D eigenvalue weighted by Crippen LogP contribution is -2.51. The van der Waals surface area contributed by atoms with E-state index in [4.69, 9.17) is 39.5 Å². The van der Waals surface area contributed by atoms with E-state index in [0.29, 0.717) is 5.76 Å². The summed E-state index contributed by atoms with van der Waals surface area (Å²) < 4.78 is 3.87. The molecule has 0 aromatic rings. The first-order chi connectivity index (χ1) is 7.14. The zero-order valence-corrected chi connectivity index (χ0v) is 15.9. The topological polar surface area (TPSA) is 9.23 Å². The summed E-state index contributed by atoms with van der Waals surface area (Å²) in [6.45, 7) is 0. The Morgan fingerprint density at radius 1 is 1.19 bits per heavy atom. The van der Waals surface area contributed by atoms with Gasteiger partial charge in [-0.25, -0.2) is 0 Å². The molecule has 0 amide bonds. The van der Waals surface area contributed by atoms with Gasteiger partial charge in [0.05, 0.1) is 4.83 Å². The van der Waals surface area contributed by atoms with E-state index in [1.165, 1.54) is 0 Å². The average molecular weight is 541 g/mol. The van der Waals surface area contributed by atoms with Crippen molar-refractivity contribution in [2.75, 3.05) is 0 Å². The first kappa shape index (κ1) is 14.5. The molecule has 1 fully saturated rings. The minimum Gasteiger partial charge on any atom is -0.461 e. The molecule has 4 atom stereocenters. The maximum atomic E-state index is 6.59. The number of alkyl halides is 6. The Bertz CT molecular complexity index is 406. The third kappa shape index (κ3) is 1.72. The molecule has 0 spiro atoms. The number of hydrogen-bond acceptors (Lipinski definition) is 1. The summed E-state index contributed by atoms with van der Waals surface area (Å²) >= 11 is 32.6. The van der Waals surface area contributed by atoms with Gasteiger partial charge in [-0.2, -0.15) is 0 Å². The molecule has 16 heavy (non-hydrogen) atoms. The van der Waals surface area contributed by atoms with Crippen molar-refractivity contribution in [2.45, 2.75) is 17.5 Å². The highest BCUT2D eigenvalue weighted by Gasteiger charge is 2.73. The summed E-state index contributed by atoms with van der Waals surface area (Å²) in [6.07, 6.45) is 3.57. The predicted octanol–water partition coefficient (Wildman–Crippen LogP) is 5.55. The van der Waals surface area contributed by atoms with Crippen LogP contribution in [0.15, 0.2) is 22.4 Å². The van der Waals surface area contributed by atoms with Crippen LogP contribution in [0.25, 0.3) is 0 Å². The molecule has 2 rings (SSSR count). The predicted molar refractivity (Wildman–Crippen MR) is 82.5 cm³/mol. The average Bonchev–Trinajstić information content (AvgIpc) is 2.31. The Hall–Kier alpha value is 2.07. The normalized spacial score (nSPS) is 51.6. The zero-order chi connectivity index (χ0) is 12.4. The molecular formula is C8H3Br4Cl3O. The van der Waals surface area contributed by atoms with Gasteiger partial charge in [0, 0.05) is 4.48 Å². The third-order valence-corrected chi connectivity index (χ3v) is 10.1. The molecule has 2 aliphatic rings. The quantitative estimate of drug-likeness (QED) is 0.366. The van der Waals surface area contributed by atoms with Crippen molar-refractivity contribution >= 4 is 98.5 Å². The number of fused-ring (bicyclic) bond motifs is 1. The Morgan fingerprint density at radius 2 is 1.75 bits per heavy atom. The van der Waals surface area contributed by atoms with Gasteiger partial charge in [0.25, 0.3) is 3.97 Å². The summed E-state index contributed by atoms with van der Waals surface area (Å²) in [5.41, 5.74) is 0. The largest absolute Gasteiger partial charge is 0.461 e. The minimum absolute atomic E-state index is 0.253. The van der Waals surface area contributed by atoms with E-state index in [-0.39, 0.29) is 4.83 Å². The molecule has 0 saturated carbocycles. The van der Waals surface area contributed by atoms with E-state index < -0.39 is 12.6 Å². The molecule has 0 bridgehead atoms. The fourth-order valence-corrected chi connectivity index (χ4v) is 5.26. The Morgan fingerprint density at radius 3 is 2.31 bits per heavy atom. The molecular weight excluding hydrogens is 538 g/mol. The molecule has 1 saturated heterocycles. The molecule has 0 aromatic carbocycles. The van der Waals surface area contributed by atoms with Crippen LogP contribution in [0.2, 0.25) is 0 Å². The van der Waals surface area contributed by atoms with Crippen molar-refractivity contribution in [3.8, 4) is 0 Å². The van der Waals surface area contributed by atoms with Crippen LogP contribution in [0.4, 0.5) is 0 Å². The molecule has 1 aliphatic heterocycles. The number of hydrogen-bond donors (Lipinski definition) is 0. The van der Waals surface area contributed by atoms with Gasteiger partial charge in [-0.15, -0.1) is 11.6 Å². The summed E-state index contributed by atoms with van der Waals surface area (Å²) in [6, 6.07) is 0. The van der Waals surface area contributed by atoms with Crippen molar-refractivity contribution in [1.82, 2.24) is 0 Å². The molecule has 1 nitrogen and oxygen atoms in total. The standard InChI is InChI=1S/C8H3Br4Cl3O/c9-3-1-2-4-6(13,5(3)10)7(11,14)8(12,15)16-4/h1-2,5H. The van der Waals surface area contributed by atoms with Gasteiger partial charge in [0.1, 0.15) is 5.76 Å². The monoisotopic (exact) mass is 536 g/mol. The fourth-order valence-electron chi connectivity index (χ4n) is 1.51. The molecule has 4 unspecified atom stereocenters. The third-order valence-electron chi connectivity index (χ3n) is 2.40. The second-order valence-electron chi connectivity index (χ2n) is 3.35. The summed E-state index contributed by atoms with van der Waals surface area (Å²) in [7, 11) is 0. The molecule has 1 heterocycles. The number of ether oxygens (including phenoxy) is 1. The first-order valence-electron chi connectivity index (χ1n) is 4.00. The van der Waals surface area contributed by atoms with Gasteiger partial charge < -0.3 is 4.74 Å². The number of halogens is 7. The molecule has 1 aliphatic carbocycles. The van der Waals surface area contributed by atoms with Crippen molar-refractivity contribution < 1.29 is 4.74 Å². The van der Waals surface area contributed by atoms with E-state index in [2.05, 4.69) is 63.7 Å². The second kappa shape index (κ2) is 4.29. The van der Waals surface area contributed by atoms with E-state index >= 15 is 0 Å². The smallest absolute Gasteiger partial charge is 0.268 e. The van der Waals surface area contributed by atoms with E-state index in [1.807, 2.05) is 6.08 Å². The van der Waals surface area contributed by atoms with Crippen LogP contribution in [-0.4, -0.2) is 17.5 Å². The van der Waals surface area contributed by atoms with Crippen molar-refractivity contribution in [3.05, 3.63) is 22.4 Å². The van der Waals surface area contributed by atoms with Crippen LogP contribution in [0.5, 0.6) is 0 Å². The lowest BCUT2D eigenvalue weighted by molar-refractivity contribution is 0.204. The maximum Gasteiger partial charge on any atom is 0.268 e. The van der Waals surface area contributed by atoms with E-state index in [9.17, 15) is 0 Å². The van der Waals surface area contributed by atoms with Crippen LogP contribution in [0, 0.1) is 0 Å². The number of allylic oxidation sites excluding steroid dienone is 4. The van der Waals surface area contributed by atoms with Gasteiger partial charge in [-0.05, 0) is 28.1 Å². The first-order valence-corrected chi connectivity index (χ1v) is 8.43. The Kier molecular flexibility index (Phi) is 3.88. The highest BCUT2D eigenvalue weighted by molar-refractivity contribution is 9.14. The minimum atomic E-state index is -1.31. The summed E-state index contributed by atoms with van der Waals surface area (Å²) in [5.74, 6) is 0.498. The van der Waals surface area contributed by atoms with Crippen LogP contribution >= 0.6 is 98.5 Å². The van der Waals surface area contributed by atoms with Crippen LogP contribution in [0.3, 0.4) is 0 Å².